The van der Waals surface area contributed by atoms with Crippen molar-refractivity contribution in [2.24, 2.45) is 0 Å². The highest BCUT2D eigenvalue weighted by Gasteiger charge is 2.34. The molecule has 0 saturated carbocycles. The van der Waals surface area contributed by atoms with E-state index in [9.17, 15) is 9.59 Å². The lowest BCUT2D eigenvalue weighted by molar-refractivity contribution is -0.117. The molecule has 0 N–H and O–H groups in total. The van der Waals surface area contributed by atoms with Gasteiger partial charge in [0.2, 0.25) is 11.8 Å². The van der Waals surface area contributed by atoms with Crippen molar-refractivity contribution in [2.45, 2.75) is 18.6 Å². The van der Waals surface area contributed by atoms with Gasteiger partial charge in [-0.3, -0.25) is 9.69 Å². The summed E-state index contributed by atoms with van der Waals surface area (Å²) in [4.78, 5) is 24.6. The molecule has 2 rings (SSSR count). The molecule has 92 valence electrons. The predicted molar refractivity (Wildman–Crippen MR) is 62.2 cm³/mol. The molecule has 0 radical (unpaired) electrons. The Bertz CT molecular complexity index is 445. The summed E-state index contributed by atoms with van der Waals surface area (Å²) in [6, 6.07) is 0. The van der Waals surface area contributed by atoms with E-state index in [1.54, 1.807) is 6.92 Å². The predicted octanol–water partition coefficient (Wildman–Crippen LogP) is 0.886. The van der Waals surface area contributed by atoms with Crippen LogP contribution in [-0.2, 0) is 9.53 Å². The van der Waals surface area contributed by atoms with Crippen LogP contribution in [0.3, 0.4) is 0 Å². The van der Waals surface area contributed by atoms with Crippen LogP contribution in [0.15, 0.2) is 10.7 Å². The molecule has 1 unspecified atom stereocenters. The molecule has 17 heavy (non-hydrogen) atoms. The molecule has 0 aromatic carbocycles. The number of rotatable bonds is 3. The molecule has 1 saturated heterocycles. The van der Waals surface area contributed by atoms with Gasteiger partial charge in [0.05, 0.1) is 12.8 Å². The van der Waals surface area contributed by atoms with Gasteiger partial charge in [0.15, 0.2) is 0 Å². The molecule has 0 aliphatic carbocycles. The van der Waals surface area contributed by atoms with Gasteiger partial charge in [-0.15, -0.1) is 0 Å². The maximum atomic E-state index is 11.7. The summed E-state index contributed by atoms with van der Waals surface area (Å²) >= 11 is 4.23. The molecule has 6 nitrogen and oxygen atoms in total. The van der Waals surface area contributed by atoms with Crippen LogP contribution >= 0.6 is 12.6 Å². The van der Waals surface area contributed by atoms with E-state index in [0.29, 0.717) is 13.0 Å². The number of anilines is 1. The lowest BCUT2D eigenvalue weighted by atomic mass is 10.3. The molecule has 7 heteroatoms. The van der Waals surface area contributed by atoms with E-state index in [0.717, 1.165) is 0 Å². The Morgan fingerprint density at radius 2 is 2.53 bits per heavy atom. The standard InChI is InChI=1S/C10H12N2O4S/c1-2-15-10(14)7-4-11-16-9(7)12-5-6(17)3-8(12)13/h4,6,17H,2-3,5H2,1H3. The van der Waals surface area contributed by atoms with Crippen LogP contribution in [0, 0.1) is 0 Å². The van der Waals surface area contributed by atoms with Gasteiger partial charge in [-0.05, 0) is 6.92 Å². The summed E-state index contributed by atoms with van der Waals surface area (Å²) < 4.78 is 9.81. The maximum absolute atomic E-state index is 11.7. The monoisotopic (exact) mass is 256 g/mol. The Hall–Kier alpha value is -1.50. The first-order valence-corrected chi connectivity index (χ1v) is 5.75. The summed E-state index contributed by atoms with van der Waals surface area (Å²) in [7, 11) is 0. The minimum Gasteiger partial charge on any atom is -0.462 e. The SMILES string of the molecule is CCOC(=O)c1cnoc1N1CC(S)CC1=O. The van der Waals surface area contributed by atoms with E-state index in [1.807, 2.05) is 0 Å². The van der Waals surface area contributed by atoms with Gasteiger partial charge in [-0.1, -0.05) is 5.16 Å². The van der Waals surface area contributed by atoms with Crippen molar-refractivity contribution in [3.05, 3.63) is 11.8 Å². The second kappa shape index (κ2) is 4.79. The van der Waals surface area contributed by atoms with Crippen molar-refractivity contribution >= 4 is 30.4 Å². The maximum Gasteiger partial charge on any atom is 0.345 e. The molecule has 1 amide bonds. The fourth-order valence-corrected chi connectivity index (χ4v) is 1.98. The summed E-state index contributed by atoms with van der Waals surface area (Å²) in [5.41, 5.74) is 0.169. The van der Waals surface area contributed by atoms with Crippen molar-refractivity contribution in [2.75, 3.05) is 18.1 Å². The second-order valence-electron chi connectivity index (χ2n) is 3.63. The van der Waals surface area contributed by atoms with Crippen LogP contribution in [0.4, 0.5) is 5.88 Å². The van der Waals surface area contributed by atoms with Gasteiger partial charge in [0.1, 0.15) is 5.56 Å². The lowest BCUT2D eigenvalue weighted by Crippen LogP contribution is -2.26. The average Bonchev–Trinajstić information content (AvgIpc) is 2.84. The van der Waals surface area contributed by atoms with Gasteiger partial charge < -0.3 is 9.26 Å². The number of thiol groups is 1. The van der Waals surface area contributed by atoms with E-state index < -0.39 is 5.97 Å². The Balaban J connectivity index is 2.25. The number of aromatic nitrogens is 1. The zero-order valence-electron chi connectivity index (χ0n) is 9.25. The largest absolute Gasteiger partial charge is 0.462 e. The van der Waals surface area contributed by atoms with Gasteiger partial charge >= 0.3 is 5.97 Å². The normalized spacial score (nSPS) is 19.8. The molecular formula is C10H12N2O4S. The van der Waals surface area contributed by atoms with E-state index in [1.165, 1.54) is 11.1 Å². The first-order chi connectivity index (χ1) is 8.13. The molecule has 1 aliphatic heterocycles. The number of amides is 1. The molecular weight excluding hydrogens is 244 g/mol. The quantitative estimate of drug-likeness (QED) is 0.642. The molecule has 1 aromatic rings. The fourth-order valence-electron chi connectivity index (χ4n) is 1.66. The van der Waals surface area contributed by atoms with Crippen LogP contribution in [-0.4, -0.2) is 35.4 Å². The number of hydrogen-bond acceptors (Lipinski definition) is 6. The number of nitrogens with zero attached hydrogens (tertiary/aromatic N) is 2. The Morgan fingerprint density at radius 1 is 1.76 bits per heavy atom. The van der Waals surface area contributed by atoms with Crippen molar-refractivity contribution in [1.29, 1.82) is 0 Å². The van der Waals surface area contributed by atoms with Crippen LogP contribution < -0.4 is 4.90 Å². The molecule has 1 fully saturated rings. The van der Waals surface area contributed by atoms with Crippen LogP contribution in [0.1, 0.15) is 23.7 Å². The first kappa shape index (κ1) is 12.0. The van der Waals surface area contributed by atoms with Crippen molar-refractivity contribution < 1.29 is 18.8 Å². The van der Waals surface area contributed by atoms with Crippen LogP contribution in [0.25, 0.3) is 0 Å². The highest BCUT2D eigenvalue weighted by molar-refractivity contribution is 7.81. The lowest BCUT2D eigenvalue weighted by Gasteiger charge is -2.12. The zero-order chi connectivity index (χ0) is 12.4. The van der Waals surface area contributed by atoms with Crippen LogP contribution in [0.2, 0.25) is 0 Å². The van der Waals surface area contributed by atoms with E-state index in [4.69, 9.17) is 9.26 Å². The van der Waals surface area contributed by atoms with Crippen molar-refractivity contribution in [3.8, 4) is 0 Å². The van der Waals surface area contributed by atoms with Crippen LogP contribution in [0.5, 0.6) is 0 Å². The second-order valence-corrected chi connectivity index (χ2v) is 4.36. The third-order valence-electron chi connectivity index (χ3n) is 2.40. The molecule has 1 atom stereocenters. The smallest absolute Gasteiger partial charge is 0.345 e. The summed E-state index contributed by atoms with van der Waals surface area (Å²) in [6.07, 6.45) is 1.58. The number of carbonyl (C=O) groups excluding carboxylic acids is 2. The minimum absolute atomic E-state index is 0.0531. The van der Waals surface area contributed by atoms with E-state index in [2.05, 4.69) is 17.8 Å². The minimum atomic E-state index is -0.542. The average molecular weight is 256 g/mol. The number of carbonyl (C=O) groups is 2. The van der Waals surface area contributed by atoms with Gasteiger partial charge in [0.25, 0.3) is 0 Å². The third kappa shape index (κ3) is 2.28. The zero-order valence-corrected chi connectivity index (χ0v) is 10.1. The number of ether oxygens (including phenoxy) is 1. The molecule has 0 spiro atoms. The Kier molecular flexibility index (Phi) is 3.37. The molecule has 1 aliphatic rings. The van der Waals surface area contributed by atoms with Gasteiger partial charge in [-0.25, -0.2) is 4.79 Å². The van der Waals surface area contributed by atoms with E-state index in [-0.39, 0.29) is 29.2 Å². The van der Waals surface area contributed by atoms with E-state index >= 15 is 0 Å². The summed E-state index contributed by atoms with van der Waals surface area (Å²) in [5, 5.41) is 3.48. The van der Waals surface area contributed by atoms with Crippen molar-refractivity contribution in [1.82, 2.24) is 5.16 Å². The van der Waals surface area contributed by atoms with Gasteiger partial charge in [0, 0.05) is 18.2 Å². The number of esters is 1. The topological polar surface area (TPSA) is 72.6 Å². The summed E-state index contributed by atoms with van der Waals surface area (Å²) in [5.74, 6) is -0.531. The Morgan fingerprint density at radius 3 is 3.12 bits per heavy atom. The van der Waals surface area contributed by atoms with Gasteiger partial charge in [-0.2, -0.15) is 12.6 Å². The Labute approximate surface area is 103 Å². The first-order valence-electron chi connectivity index (χ1n) is 5.23. The molecule has 2 heterocycles. The summed E-state index contributed by atoms with van der Waals surface area (Å²) in [6.45, 7) is 2.37. The van der Waals surface area contributed by atoms with Crippen molar-refractivity contribution in [3.63, 3.8) is 0 Å². The highest BCUT2D eigenvalue weighted by Crippen LogP contribution is 2.27. The fraction of sp³-hybridized carbons (Fsp3) is 0.500. The highest BCUT2D eigenvalue weighted by atomic mass is 32.1. The molecule has 1 aromatic heterocycles. The third-order valence-corrected chi connectivity index (χ3v) is 2.74. The molecule has 0 bridgehead atoms. The number of hydrogen-bond donors (Lipinski definition) is 1.